The number of carbonyl (C=O) groups is 3. The molecule has 0 amide bonds. The second-order valence-electron chi connectivity index (χ2n) is 10.4. The highest BCUT2D eigenvalue weighted by molar-refractivity contribution is 6.02. The summed E-state index contributed by atoms with van der Waals surface area (Å²) in [7, 11) is 1.71. The van der Waals surface area contributed by atoms with Crippen LogP contribution in [0.2, 0.25) is 0 Å². The minimum Gasteiger partial charge on any atom is -0.481 e. The number of nitrogens with zero attached hydrogens (tertiary/aromatic N) is 1. The molecule has 0 aromatic rings. The van der Waals surface area contributed by atoms with Crippen LogP contribution in [-0.2, 0) is 19.1 Å². The summed E-state index contributed by atoms with van der Waals surface area (Å²) in [5.41, 5.74) is 0.949. The molecule has 1 aliphatic carbocycles. The maximum atomic E-state index is 13.1. The van der Waals surface area contributed by atoms with Crippen LogP contribution in [0, 0.1) is 11.8 Å². The largest absolute Gasteiger partial charge is 0.481 e. The fourth-order valence-electron chi connectivity index (χ4n) is 5.89. The minimum absolute atomic E-state index is 0.0509. The van der Waals surface area contributed by atoms with Crippen LogP contribution in [0.4, 0.5) is 0 Å². The molecule has 0 unspecified atom stereocenters. The number of rotatable bonds is 14. The molecule has 0 spiro atoms. The average molecular weight is 508 g/mol. The van der Waals surface area contributed by atoms with Crippen LogP contribution in [0.5, 0.6) is 0 Å². The number of ketones is 2. The Hall–Kier alpha value is -2.07. The van der Waals surface area contributed by atoms with E-state index in [0.717, 1.165) is 25.7 Å². The zero-order valence-electron chi connectivity index (χ0n) is 21.4. The van der Waals surface area contributed by atoms with Crippen molar-refractivity contribution in [1.82, 2.24) is 4.90 Å². The first-order valence-electron chi connectivity index (χ1n) is 13.2. The molecular weight excluding hydrogens is 466 g/mol. The number of Topliss-reactive ketones (excluding diaryl/α,β-unsaturated/α-hetero) is 2. The van der Waals surface area contributed by atoms with Crippen molar-refractivity contribution in [2.75, 3.05) is 13.6 Å². The van der Waals surface area contributed by atoms with E-state index in [1.165, 1.54) is 0 Å². The average Bonchev–Trinajstić information content (AvgIpc) is 3.11. The Kier molecular flexibility index (Phi) is 9.86. The first-order valence-corrected chi connectivity index (χ1v) is 13.2. The predicted molar refractivity (Wildman–Crippen MR) is 132 cm³/mol. The summed E-state index contributed by atoms with van der Waals surface area (Å²) in [4.78, 5) is 38.3. The molecule has 4 N–H and O–H groups in total. The molecule has 1 fully saturated rings. The van der Waals surface area contributed by atoms with Crippen LogP contribution in [0.1, 0.15) is 77.6 Å². The zero-order valence-corrected chi connectivity index (χ0v) is 21.4. The maximum absolute atomic E-state index is 13.1. The number of allylic oxidation sites excluding steroid dienone is 2. The molecule has 1 saturated heterocycles. The van der Waals surface area contributed by atoms with Gasteiger partial charge in [-0.25, -0.2) is 0 Å². The summed E-state index contributed by atoms with van der Waals surface area (Å²) in [5, 5.41) is 41.1. The van der Waals surface area contributed by atoms with Crippen LogP contribution in [0.15, 0.2) is 23.4 Å². The van der Waals surface area contributed by atoms with Gasteiger partial charge in [0.1, 0.15) is 6.10 Å². The number of β-amino-alcohol motifs (C(OH)–C–C–N with tert-alkyl or cyclic N) is 1. The number of carboxylic acid groups (broad SMARTS) is 1. The fraction of sp³-hybridized carbons (Fsp3) is 0.741. The third-order valence-corrected chi connectivity index (χ3v) is 7.72. The number of fused-ring (bicyclic) bond motifs is 3. The molecule has 0 radical (unpaired) electrons. The van der Waals surface area contributed by atoms with E-state index in [-0.39, 0.29) is 43.4 Å². The Bertz CT molecular complexity index is 883. The molecule has 202 valence electrons. The van der Waals surface area contributed by atoms with Crippen molar-refractivity contribution in [3.05, 3.63) is 23.4 Å². The van der Waals surface area contributed by atoms with Gasteiger partial charge in [0, 0.05) is 32.9 Å². The van der Waals surface area contributed by atoms with Crippen molar-refractivity contribution in [2.45, 2.75) is 102 Å². The SMILES string of the molecule is CC/C=C\C[C@@H]1[C@H](CC(=O)[C@H](O)CCCCCCCC(=O)O)O[C@@]2(O)C[C@@H]1C1=C(C2=O)N(C)C[C@@H]1O. The number of hydrogen-bond donors (Lipinski definition) is 4. The van der Waals surface area contributed by atoms with Gasteiger partial charge in [-0.05, 0) is 43.1 Å². The molecule has 3 aliphatic rings. The van der Waals surface area contributed by atoms with Gasteiger partial charge >= 0.3 is 5.97 Å². The molecule has 2 bridgehead atoms. The number of carbonyl (C=O) groups excluding carboxylic acids is 2. The Morgan fingerprint density at radius 3 is 2.58 bits per heavy atom. The second-order valence-corrected chi connectivity index (χ2v) is 10.4. The van der Waals surface area contributed by atoms with E-state index in [4.69, 9.17) is 9.84 Å². The summed E-state index contributed by atoms with van der Waals surface area (Å²) >= 11 is 0. The van der Waals surface area contributed by atoms with Crippen molar-refractivity contribution in [3.8, 4) is 0 Å². The lowest BCUT2D eigenvalue weighted by Crippen LogP contribution is -2.59. The van der Waals surface area contributed by atoms with E-state index in [1.807, 2.05) is 19.1 Å². The standard InChI is InChI=1S/C27H41NO8/c1-3-4-8-11-17-18-15-27(35,26(34)25-24(18)21(31)16-28(25)2)36-22(17)14-20(30)19(29)12-9-6-5-7-10-13-23(32)33/h4,8,17-19,21-22,29,31,35H,3,5-7,9-16H2,1-2H3,(H,32,33)/b8-4-/t17-,18-,19+,21-,22-,27-/m0/s1. The van der Waals surface area contributed by atoms with Gasteiger partial charge in [-0.3, -0.25) is 14.4 Å². The van der Waals surface area contributed by atoms with E-state index in [9.17, 15) is 29.7 Å². The molecule has 0 saturated carbocycles. The Balaban J connectivity index is 1.66. The molecule has 6 atom stereocenters. The van der Waals surface area contributed by atoms with Crippen molar-refractivity contribution >= 4 is 17.5 Å². The van der Waals surface area contributed by atoms with Crippen molar-refractivity contribution in [3.63, 3.8) is 0 Å². The van der Waals surface area contributed by atoms with Gasteiger partial charge in [0.2, 0.25) is 11.6 Å². The lowest BCUT2D eigenvalue weighted by Gasteiger charge is -2.49. The number of aliphatic hydroxyl groups excluding tert-OH is 2. The van der Waals surface area contributed by atoms with Crippen LogP contribution < -0.4 is 0 Å². The molecule has 0 aromatic heterocycles. The maximum Gasteiger partial charge on any atom is 0.303 e. The third-order valence-electron chi connectivity index (χ3n) is 7.72. The molecule has 2 aliphatic heterocycles. The summed E-state index contributed by atoms with van der Waals surface area (Å²) in [6.07, 6.45) is 6.81. The highest BCUT2D eigenvalue weighted by atomic mass is 16.6. The first-order chi connectivity index (χ1) is 17.1. The van der Waals surface area contributed by atoms with Gasteiger partial charge in [-0.2, -0.15) is 0 Å². The number of carboxylic acids is 1. The van der Waals surface area contributed by atoms with Crippen molar-refractivity contribution < 1.29 is 39.5 Å². The number of hydrogen-bond acceptors (Lipinski definition) is 8. The number of likely N-dealkylation sites (N-methyl/N-ethyl adjacent to an activating group) is 1. The van der Waals surface area contributed by atoms with Gasteiger partial charge in [-0.15, -0.1) is 0 Å². The normalized spacial score (nSPS) is 30.7. The van der Waals surface area contributed by atoms with E-state index < -0.39 is 35.9 Å². The molecular formula is C27H41NO8. The summed E-state index contributed by atoms with van der Waals surface area (Å²) in [5.74, 6) is -4.34. The van der Waals surface area contributed by atoms with Crippen molar-refractivity contribution in [1.29, 1.82) is 0 Å². The number of aliphatic carboxylic acids is 1. The van der Waals surface area contributed by atoms with Gasteiger partial charge in [0.05, 0.1) is 17.9 Å². The summed E-state index contributed by atoms with van der Waals surface area (Å²) in [6, 6.07) is 0. The smallest absolute Gasteiger partial charge is 0.303 e. The minimum atomic E-state index is -2.04. The Morgan fingerprint density at radius 1 is 1.19 bits per heavy atom. The van der Waals surface area contributed by atoms with Crippen LogP contribution in [-0.4, -0.2) is 80.6 Å². The molecule has 9 nitrogen and oxygen atoms in total. The molecule has 36 heavy (non-hydrogen) atoms. The first kappa shape index (κ1) is 28.5. The Labute approximate surface area is 212 Å². The number of ether oxygens (including phenoxy) is 1. The third kappa shape index (κ3) is 6.43. The second kappa shape index (κ2) is 12.4. The van der Waals surface area contributed by atoms with E-state index in [2.05, 4.69) is 0 Å². The quantitative estimate of drug-likeness (QED) is 0.206. The van der Waals surface area contributed by atoms with E-state index >= 15 is 0 Å². The van der Waals surface area contributed by atoms with E-state index in [0.29, 0.717) is 37.0 Å². The zero-order chi connectivity index (χ0) is 26.5. The van der Waals surface area contributed by atoms with E-state index in [1.54, 1.807) is 11.9 Å². The number of aliphatic hydroxyl groups is 3. The lowest BCUT2D eigenvalue weighted by molar-refractivity contribution is -0.264. The predicted octanol–water partition coefficient (Wildman–Crippen LogP) is 2.33. The topological polar surface area (TPSA) is 145 Å². The van der Waals surface area contributed by atoms with Gasteiger partial charge in [0.25, 0.3) is 0 Å². The van der Waals surface area contributed by atoms with Crippen LogP contribution >= 0.6 is 0 Å². The summed E-state index contributed by atoms with van der Waals surface area (Å²) in [6.45, 7) is 2.30. The monoisotopic (exact) mass is 507 g/mol. The van der Waals surface area contributed by atoms with Gasteiger partial charge < -0.3 is 30.1 Å². The molecule has 2 heterocycles. The fourth-order valence-corrected chi connectivity index (χ4v) is 5.89. The number of unbranched alkanes of at least 4 members (excludes halogenated alkanes) is 4. The lowest BCUT2D eigenvalue weighted by atomic mass is 9.67. The van der Waals surface area contributed by atoms with Crippen molar-refractivity contribution in [2.24, 2.45) is 11.8 Å². The molecule has 0 aromatic carbocycles. The highest BCUT2D eigenvalue weighted by Gasteiger charge is 2.59. The molecule has 9 heteroatoms. The highest BCUT2D eigenvalue weighted by Crippen LogP contribution is 2.51. The Morgan fingerprint density at radius 2 is 1.89 bits per heavy atom. The van der Waals surface area contributed by atoms with Gasteiger partial charge in [0.15, 0.2) is 5.78 Å². The van der Waals surface area contributed by atoms with Gasteiger partial charge in [-0.1, -0.05) is 44.8 Å². The van der Waals surface area contributed by atoms with Crippen LogP contribution in [0.25, 0.3) is 0 Å². The summed E-state index contributed by atoms with van der Waals surface area (Å²) < 4.78 is 5.95. The molecule has 3 rings (SSSR count). The van der Waals surface area contributed by atoms with Crippen LogP contribution in [0.3, 0.4) is 0 Å².